The fraction of sp³-hybridized carbons (Fsp3) is 0.667. The summed E-state index contributed by atoms with van der Waals surface area (Å²) in [5, 5.41) is 0. The maximum atomic E-state index is 5.61. The topological polar surface area (TPSA) is 51.2 Å². The van der Waals surface area contributed by atoms with Gasteiger partial charge in [-0.1, -0.05) is 13.8 Å². The second-order valence-corrected chi connectivity index (χ2v) is 4.60. The van der Waals surface area contributed by atoms with E-state index in [-0.39, 0.29) is 6.04 Å². The normalized spacial score (nSPS) is 13.5. The third-order valence-corrected chi connectivity index (χ3v) is 2.87. The lowest BCUT2D eigenvalue weighted by atomic mass is 9.95. The summed E-state index contributed by atoms with van der Waals surface area (Å²) in [7, 11) is 0. The lowest BCUT2D eigenvalue weighted by Gasteiger charge is -2.18. The van der Waals surface area contributed by atoms with Crippen LogP contribution < -0.4 is 11.3 Å². The molecule has 1 heterocycles. The van der Waals surface area contributed by atoms with Gasteiger partial charge in [-0.25, -0.2) is 0 Å². The number of furan rings is 1. The van der Waals surface area contributed by atoms with E-state index < -0.39 is 0 Å². The average molecular weight is 210 g/mol. The van der Waals surface area contributed by atoms with Gasteiger partial charge >= 0.3 is 0 Å². The van der Waals surface area contributed by atoms with Gasteiger partial charge in [0, 0.05) is 11.6 Å². The van der Waals surface area contributed by atoms with Crippen molar-refractivity contribution in [3.05, 3.63) is 22.6 Å². The van der Waals surface area contributed by atoms with E-state index in [1.807, 2.05) is 13.8 Å². The molecule has 0 fully saturated rings. The Bertz CT molecular complexity index is 329. The standard InChI is InChI=1S/C12H22N2O/c1-7(2)6-11(14-13)12-8(3)9(4)15-10(12)5/h7,11,14H,6,13H2,1-5H3. The SMILES string of the molecule is Cc1oc(C)c(C(CC(C)C)NN)c1C. The van der Waals surface area contributed by atoms with Crippen LogP contribution in [0, 0.1) is 26.7 Å². The first-order valence-electron chi connectivity index (χ1n) is 5.50. The van der Waals surface area contributed by atoms with Crippen molar-refractivity contribution in [3.63, 3.8) is 0 Å². The Kier molecular flexibility index (Phi) is 3.94. The predicted octanol–water partition coefficient (Wildman–Crippen LogP) is 2.76. The van der Waals surface area contributed by atoms with Crippen molar-refractivity contribution in [2.45, 2.75) is 47.1 Å². The van der Waals surface area contributed by atoms with Crippen LogP contribution in [0.4, 0.5) is 0 Å². The van der Waals surface area contributed by atoms with E-state index >= 15 is 0 Å². The second-order valence-electron chi connectivity index (χ2n) is 4.60. The Labute approximate surface area is 92.0 Å². The van der Waals surface area contributed by atoms with Crippen molar-refractivity contribution in [2.75, 3.05) is 0 Å². The zero-order valence-electron chi connectivity index (χ0n) is 10.3. The highest BCUT2D eigenvalue weighted by Gasteiger charge is 2.20. The molecule has 0 saturated carbocycles. The molecule has 86 valence electrons. The van der Waals surface area contributed by atoms with E-state index in [2.05, 4.69) is 26.2 Å². The van der Waals surface area contributed by atoms with Crippen molar-refractivity contribution in [1.82, 2.24) is 5.43 Å². The van der Waals surface area contributed by atoms with Gasteiger partial charge in [0.2, 0.25) is 0 Å². The van der Waals surface area contributed by atoms with Crippen LogP contribution in [-0.2, 0) is 0 Å². The van der Waals surface area contributed by atoms with Gasteiger partial charge < -0.3 is 4.42 Å². The van der Waals surface area contributed by atoms with Crippen LogP contribution in [0.3, 0.4) is 0 Å². The first-order valence-corrected chi connectivity index (χ1v) is 5.50. The zero-order chi connectivity index (χ0) is 11.6. The molecule has 0 bridgehead atoms. The van der Waals surface area contributed by atoms with Crippen LogP contribution in [0.15, 0.2) is 4.42 Å². The highest BCUT2D eigenvalue weighted by atomic mass is 16.3. The maximum Gasteiger partial charge on any atom is 0.106 e. The molecule has 1 aromatic heterocycles. The molecule has 3 N–H and O–H groups in total. The monoisotopic (exact) mass is 210 g/mol. The molecule has 3 nitrogen and oxygen atoms in total. The van der Waals surface area contributed by atoms with E-state index in [9.17, 15) is 0 Å². The van der Waals surface area contributed by atoms with Crippen molar-refractivity contribution in [1.29, 1.82) is 0 Å². The van der Waals surface area contributed by atoms with Crippen molar-refractivity contribution in [3.8, 4) is 0 Å². The summed E-state index contributed by atoms with van der Waals surface area (Å²) < 4.78 is 5.61. The molecular formula is C12H22N2O. The number of hydrogen-bond donors (Lipinski definition) is 2. The Morgan fingerprint density at radius 3 is 2.13 bits per heavy atom. The third-order valence-electron chi connectivity index (χ3n) is 2.87. The largest absolute Gasteiger partial charge is 0.466 e. The summed E-state index contributed by atoms with van der Waals surface area (Å²) in [6, 6.07) is 0.197. The van der Waals surface area contributed by atoms with E-state index in [1.54, 1.807) is 0 Å². The smallest absolute Gasteiger partial charge is 0.106 e. The number of hydrazine groups is 1. The first kappa shape index (κ1) is 12.3. The molecule has 1 aromatic rings. The van der Waals surface area contributed by atoms with Gasteiger partial charge in [-0.15, -0.1) is 0 Å². The van der Waals surface area contributed by atoms with E-state index in [1.165, 1.54) is 11.1 Å². The molecule has 0 saturated heterocycles. The summed E-state index contributed by atoms with van der Waals surface area (Å²) in [5.74, 6) is 8.19. The summed E-state index contributed by atoms with van der Waals surface area (Å²) in [5.41, 5.74) is 5.33. The summed E-state index contributed by atoms with van der Waals surface area (Å²) in [6.07, 6.45) is 1.02. The number of aryl methyl sites for hydroxylation is 2. The molecule has 0 amide bonds. The van der Waals surface area contributed by atoms with Gasteiger partial charge in [0.15, 0.2) is 0 Å². The lowest BCUT2D eigenvalue weighted by molar-refractivity contribution is 0.426. The van der Waals surface area contributed by atoms with Crippen LogP contribution in [0.25, 0.3) is 0 Å². The molecule has 1 unspecified atom stereocenters. The molecule has 3 heteroatoms. The lowest BCUT2D eigenvalue weighted by Crippen LogP contribution is -2.29. The average Bonchev–Trinajstić information content (AvgIpc) is 2.38. The van der Waals surface area contributed by atoms with E-state index in [0.717, 1.165) is 17.9 Å². The molecule has 0 radical (unpaired) electrons. The fourth-order valence-corrected chi connectivity index (χ4v) is 2.06. The van der Waals surface area contributed by atoms with Gasteiger partial charge in [-0.3, -0.25) is 11.3 Å². The van der Waals surface area contributed by atoms with Crippen LogP contribution in [0.5, 0.6) is 0 Å². The van der Waals surface area contributed by atoms with Gasteiger partial charge in [0.1, 0.15) is 11.5 Å². The van der Waals surface area contributed by atoms with Gasteiger partial charge in [-0.2, -0.15) is 0 Å². The number of hydrogen-bond acceptors (Lipinski definition) is 3. The van der Waals surface area contributed by atoms with Crippen LogP contribution in [-0.4, -0.2) is 0 Å². The third kappa shape index (κ3) is 2.61. The summed E-state index contributed by atoms with van der Waals surface area (Å²) in [4.78, 5) is 0. The van der Waals surface area contributed by atoms with Crippen molar-refractivity contribution < 1.29 is 4.42 Å². The van der Waals surface area contributed by atoms with Gasteiger partial charge in [-0.05, 0) is 38.7 Å². The van der Waals surface area contributed by atoms with Gasteiger partial charge in [0.25, 0.3) is 0 Å². The molecule has 0 aromatic carbocycles. The Morgan fingerprint density at radius 1 is 1.20 bits per heavy atom. The van der Waals surface area contributed by atoms with Crippen LogP contribution in [0.2, 0.25) is 0 Å². The number of nitrogens with two attached hydrogens (primary N) is 1. The number of nitrogens with one attached hydrogen (secondary N) is 1. The molecule has 15 heavy (non-hydrogen) atoms. The Hall–Kier alpha value is -0.800. The summed E-state index contributed by atoms with van der Waals surface area (Å²) >= 11 is 0. The Balaban J connectivity index is 3.00. The minimum atomic E-state index is 0.197. The van der Waals surface area contributed by atoms with E-state index in [4.69, 9.17) is 10.3 Å². The minimum absolute atomic E-state index is 0.197. The quantitative estimate of drug-likeness (QED) is 0.593. The van der Waals surface area contributed by atoms with E-state index in [0.29, 0.717) is 5.92 Å². The molecule has 0 spiro atoms. The maximum absolute atomic E-state index is 5.61. The second kappa shape index (κ2) is 4.81. The number of rotatable bonds is 4. The highest BCUT2D eigenvalue weighted by Crippen LogP contribution is 2.30. The molecule has 1 atom stereocenters. The highest BCUT2D eigenvalue weighted by molar-refractivity contribution is 5.34. The van der Waals surface area contributed by atoms with Crippen molar-refractivity contribution >= 4 is 0 Å². The molecule has 1 rings (SSSR count). The predicted molar refractivity (Wildman–Crippen MR) is 62.4 cm³/mol. The van der Waals surface area contributed by atoms with Crippen molar-refractivity contribution in [2.24, 2.45) is 11.8 Å². The van der Waals surface area contributed by atoms with Crippen LogP contribution >= 0.6 is 0 Å². The summed E-state index contributed by atoms with van der Waals surface area (Å²) in [6.45, 7) is 10.5. The fourth-order valence-electron chi connectivity index (χ4n) is 2.06. The molecule has 0 aliphatic rings. The zero-order valence-corrected chi connectivity index (χ0v) is 10.3. The Morgan fingerprint density at radius 2 is 1.80 bits per heavy atom. The molecule has 0 aliphatic heterocycles. The molecule has 0 aliphatic carbocycles. The van der Waals surface area contributed by atoms with Gasteiger partial charge in [0.05, 0.1) is 0 Å². The minimum Gasteiger partial charge on any atom is -0.466 e. The first-order chi connectivity index (χ1) is 6.97. The van der Waals surface area contributed by atoms with Crippen LogP contribution in [0.1, 0.15) is 49.0 Å². The molecular weight excluding hydrogens is 188 g/mol.